The molecule has 1 aliphatic carbocycles. The molecule has 0 spiro atoms. The van der Waals surface area contributed by atoms with Crippen molar-refractivity contribution in [1.82, 2.24) is 5.32 Å². The van der Waals surface area contributed by atoms with Crippen molar-refractivity contribution in [1.29, 1.82) is 0 Å². The molecule has 1 saturated carbocycles. The molecule has 1 nitrogen and oxygen atoms in total. The van der Waals surface area contributed by atoms with Gasteiger partial charge in [0.2, 0.25) is 0 Å². The van der Waals surface area contributed by atoms with Crippen LogP contribution in [0.3, 0.4) is 0 Å². The SMILES string of the molecule is CCNC1CC(CC)C(C(C)CC(C)(C)CC)CCC1C. The van der Waals surface area contributed by atoms with E-state index in [9.17, 15) is 0 Å². The van der Waals surface area contributed by atoms with E-state index < -0.39 is 0 Å². The Bertz CT molecular complexity index is 284. The van der Waals surface area contributed by atoms with Gasteiger partial charge in [-0.3, -0.25) is 0 Å². The maximum absolute atomic E-state index is 3.76. The minimum absolute atomic E-state index is 0.511. The molecular formula is C20H41N. The monoisotopic (exact) mass is 295 g/mol. The summed E-state index contributed by atoms with van der Waals surface area (Å²) in [5.74, 6) is 3.57. The lowest BCUT2D eigenvalue weighted by atomic mass is 9.70. The van der Waals surface area contributed by atoms with Crippen LogP contribution in [-0.4, -0.2) is 12.6 Å². The molecule has 1 heteroatoms. The Hall–Kier alpha value is -0.0400. The number of nitrogens with one attached hydrogen (secondary N) is 1. The molecule has 0 heterocycles. The van der Waals surface area contributed by atoms with Crippen LogP contribution in [0.15, 0.2) is 0 Å². The van der Waals surface area contributed by atoms with E-state index in [-0.39, 0.29) is 0 Å². The van der Waals surface area contributed by atoms with Gasteiger partial charge >= 0.3 is 0 Å². The van der Waals surface area contributed by atoms with E-state index in [1.807, 2.05) is 0 Å². The van der Waals surface area contributed by atoms with Crippen molar-refractivity contribution < 1.29 is 0 Å². The zero-order valence-electron chi connectivity index (χ0n) is 15.8. The largest absolute Gasteiger partial charge is 0.314 e. The zero-order valence-corrected chi connectivity index (χ0v) is 15.8. The topological polar surface area (TPSA) is 12.0 Å². The summed E-state index contributed by atoms with van der Waals surface area (Å²) in [5, 5.41) is 3.76. The van der Waals surface area contributed by atoms with Crippen LogP contribution in [0.5, 0.6) is 0 Å². The van der Waals surface area contributed by atoms with Crippen molar-refractivity contribution in [2.75, 3.05) is 6.54 Å². The highest BCUT2D eigenvalue weighted by Gasteiger charge is 2.34. The maximum Gasteiger partial charge on any atom is 0.00953 e. The average molecular weight is 296 g/mol. The molecule has 126 valence electrons. The molecule has 0 aromatic carbocycles. The summed E-state index contributed by atoms with van der Waals surface area (Å²) in [6.45, 7) is 18.0. The predicted octanol–water partition coefficient (Wildman–Crippen LogP) is 5.89. The van der Waals surface area contributed by atoms with Gasteiger partial charge < -0.3 is 5.32 Å². The number of hydrogen-bond donors (Lipinski definition) is 1. The second-order valence-electron chi connectivity index (χ2n) is 8.49. The van der Waals surface area contributed by atoms with E-state index in [2.05, 4.69) is 53.8 Å². The van der Waals surface area contributed by atoms with E-state index in [1.165, 1.54) is 38.5 Å². The maximum atomic E-state index is 3.76. The Labute approximate surface area is 134 Å². The van der Waals surface area contributed by atoms with Crippen LogP contribution in [-0.2, 0) is 0 Å². The average Bonchev–Trinajstić information content (AvgIpc) is 2.59. The van der Waals surface area contributed by atoms with Gasteiger partial charge in [-0.15, -0.1) is 0 Å². The molecular weight excluding hydrogens is 254 g/mol. The third-order valence-corrected chi connectivity index (χ3v) is 6.36. The van der Waals surface area contributed by atoms with Crippen molar-refractivity contribution in [3.63, 3.8) is 0 Å². The van der Waals surface area contributed by atoms with Crippen LogP contribution in [0.1, 0.15) is 87.0 Å². The van der Waals surface area contributed by atoms with Crippen molar-refractivity contribution in [3.05, 3.63) is 0 Å². The summed E-state index contributed by atoms with van der Waals surface area (Å²) in [4.78, 5) is 0. The predicted molar refractivity (Wildman–Crippen MR) is 95.6 cm³/mol. The standard InChI is InChI=1S/C20H41N/c1-8-17-13-19(21-10-3)15(4)11-12-18(17)16(5)14-20(6,7)9-2/h15-19,21H,8-14H2,1-7H3. The second-order valence-corrected chi connectivity index (χ2v) is 8.49. The molecule has 0 bridgehead atoms. The van der Waals surface area contributed by atoms with E-state index in [0.717, 1.165) is 36.3 Å². The van der Waals surface area contributed by atoms with E-state index in [0.29, 0.717) is 5.41 Å². The minimum Gasteiger partial charge on any atom is -0.314 e. The fourth-order valence-electron chi connectivity index (χ4n) is 4.56. The van der Waals surface area contributed by atoms with Gasteiger partial charge in [-0.1, -0.05) is 61.3 Å². The quantitative estimate of drug-likeness (QED) is 0.577. The summed E-state index contributed by atoms with van der Waals surface area (Å²) in [6, 6.07) is 0.747. The number of rotatable bonds is 7. The summed E-state index contributed by atoms with van der Waals surface area (Å²) in [6.07, 6.45) is 8.31. The highest BCUT2D eigenvalue weighted by molar-refractivity contribution is 4.87. The molecule has 1 fully saturated rings. The van der Waals surface area contributed by atoms with Crippen LogP contribution in [0.25, 0.3) is 0 Å². The lowest BCUT2D eigenvalue weighted by Crippen LogP contribution is -2.36. The molecule has 0 saturated heterocycles. The first-order chi connectivity index (χ1) is 9.84. The lowest BCUT2D eigenvalue weighted by molar-refractivity contribution is 0.152. The fourth-order valence-corrected chi connectivity index (χ4v) is 4.56. The van der Waals surface area contributed by atoms with Gasteiger partial charge in [0.1, 0.15) is 0 Å². The molecule has 21 heavy (non-hydrogen) atoms. The smallest absolute Gasteiger partial charge is 0.00953 e. The lowest BCUT2D eigenvalue weighted by Gasteiger charge is -2.35. The third kappa shape index (κ3) is 5.58. The first-order valence-corrected chi connectivity index (χ1v) is 9.57. The first kappa shape index (κ1) is 19.0. The van der Waals surface area contributed by atoms with Crippen LogP contribution >= 0.6 is 0 Å². The van der Waals surface area contributed by atoms with Crippen LogP contribution in [0.2, 0.25) is 0 Å². The summed E-state index contributed by atoms with van der Waals surface area (Å²) >= 11 is 0. The molecule has 0 radical (unpaired) electrons. The molecule has 5 unspecified atom stereocenters. The van der Waals surface area contributed by atoms with Gasteiger partial charge in [0.15, 0.2) is 0 Å². The van der Waals surface area contributed by atoms with Gasteiger partial charge in [0.25, 0.3) is 0 Å². The summed E-state index contributed by atoms with van der Waals surface area (Å²) in [7, 11) is 0. The molecule has 1 aliphatic rings. The van der Waals surface area contributed by atoms with E-state index >= 15 is 0 Å². The molecule has 1 N–H and O–H groups in total. The Kier molecular flexibility index (Phi) is 7.74. The van der Waals surface area contributed by atoms with Crippen LogP contribution in [0, 0.1) is 29.1 Å². The highest BCUT2D eigenvalue weighted by Crippen LogP contribution is 2.42. The number of hydrogen-bond acceptors (Lipinski definition) is 1. The van der Waals surface area contributed by atoms with Crippen LogP contribution in [0.4, 0.5) is 0 Å². The first-order valence-electron chi connectivity index (χ1n) is 9.57. The summed E-state index contributed by atoms with van der Waals surface area (Å²) < 4.78 is 0. The van der Waals surface area contributed by atoms with Gasteiger partial charge in [-0.25, -0.2) is 0 Å². The fraction of sp³-hybridized carbons (Fsp3) is 1.00. The van der Waals surface area contributed by atoms with Gasteiger partial charge in [0, 0.05) is 6.04 Å². The Morgan fingerprint density at radius 1 is 1.14 bits per heavy atom. The van der Waals surface area contributed by atoms with Gasteiger partial charge in [0.05, 0.1) is 0 Å². The third-order valence-electron chi connectivity index (χ3n) is 6.36. The van der Waals surface area contributed by atoms with E-state index in [4.69, 9.17) is 0 Å². The van der Waals surface area contributed by atoms with E-state index in [1.54, 1.807) is 0 Å². The molecule has 0 aromatic rings. The van der Waals surface area contributed by atoms with Crippen molar-refractivity contribution in [2.24, 2.45) is 29.1 Å². The Balaban J connectivity index is 2.76. The molecule has 0 amide bonds. The van der Waals surface area contributed by atoms with Crippen molar-refractivity contribution in [2.45, 2.75) is 93.0 Å². The second kappa shape index (κ2) is 8.56. The molecule has 0 aliphatic heterocycles. The van der Waals surface area contributed by atoms with Crippen LogP contribution < -0.4 is 5.32 Å². The van der Waals surface area contributed by atoms with Gasteiger partial charge in [-0.2, -0.15) is 0 Å². The Morgan fingerprint density at radius 3 is 2.33 bits per heavy atom. The molecule has 0 aromatic heterocycles. The summed E-state index contributed by atoms with van der Waals surface area (Å²) in [5.41, 5.74) is 0.511. The minimum atomic E-state index is 0.511. The highest BCUT2D eigenvalue weighted by atomic mass is 14.9. The van der Waals surface area contributed by atoms with Crippen molar-refractivity contribution >= 4 is 0 Å². The van der Waals surface area contributed by atoms with Crippen molar-refractivity contribution in [3.8, 4) is 0 Å². The molecule has 5 atom stereocenters. The normalized spacial score (nSPS) is 32.7. The molecule has 1 rings (SSSR count). The zero-order chi connectivity index (χ0) is 16.0. The Morgan fingerprint density at radius 2 is 1.81 bits per heavy atom. The van der Waals surface area contributed by atoms with Gasteiger partial charge in [-0.05, 0) is 61.3 Å².